The van der Waals surface area contributed by atoms with E-state index in [4.69, 9.17) is 18.9 Å². The third-order valence-electron chi connectivity index (χ3n) is 4.61. The average molecular weight is 493 g/mol. The molecule has 0 unspecified atom stereocenters. The van der Waals surface area contributed by atoms with Crippen LogP contribution < -0.4 is 19.5 Å². The van der Waals surface area contributed by atoms with Gasteiger partial charge in [0.25, 0.3) is 0 Å². The Morgan fingerprint density at radius 3 is 2.36 bits per heavy atom. The highest BCUT2D eigenvalue weighted by atomic mass is 32.2. The number of anilines is 1. The van der Waals surface area contributed by atoms with Gasteiger partial charge in [-0.25, -0.2) is 4.79 Å². The largest absolute Gasteiger partial charge is 0.493 e. The highest BCUT2D eigenvalue weighted by molar-refractivity contribution is 7.99. The number of carbonyl (C=O) groups excluding carboxylic acids is 2. The fourth-order valence-corrected chi connectivity index (χ4v) is 4.67. The van der Waals surface area contributed by atoms with Crippen LogP contribution in [0, 0.1) is 0 Å². The Balaban J connectivity index is 1.79. The molecule has 0 atom stereocenters. The number of methoxy groups -OCH3 is 4. The molecule has 0 radical (unpaired) electrons. The van der Waals surface area contributed by atoms with E-state index in [0.29, 0.717) is 45.3 Å². The van der Waals surface area contributed by atoms with E-state index in [0.717, 1.165) is 5.56 Å². The van der Waals surface area contributed by atoms with E-state index >= 15 is 0 Å². The number of thioether (sulfide) groups is 1. The van der Waals surface area contributed by atoms with E-state index < -0.39 is 5.97 Å². The van der Waals surface area contributed by atoms with Crippen molar-refractivity contribution in [2.24, 2.45) is 0 Å². The van der Waals surface area contributed by atoms with Crippen molar-refractivity contribution in [1.29, 1.82) is 0 Å². The van der Waals surface area contributed by atoms with Crippen molar-refractivity contribution >= 4 is 40.0 Å². The molecule has 0 saturated heterocycles. The van der Waals surface area contributed by atoms with Crippen molar-refractivity contribution in [3.8, 4) is 28.6 Å². The van der Waals surface area contributed by atoms with E-state index in [-0.39, 0.29) is 11.7 Å². The zero-order valence-corrected chi connectivity index (χ0v) is 20.5. The van der Waals surface area contributed by atoms with E-state index in [9.17, 15) is 9.59 Å². The Hall–Kier alpha value is -3.25. The summed E-state index contributed by atoms with van der Waals surface area (Å²) in [4.78, 5) is 24.3. The lowest BCUT2D eigenvalue weighted by Gasteiger charge is -2.14. The summed E-state index contributed by atoms with van der Waals surface area (Å²) < 4.78 is 22.9. The van der Waals surface area contributed by atoms with Crippen LogP contribution in [0.2, 0.25) is 0 Å². The number of aromatic nitrogens is 3. The first-order chi connectivity index (χ1) is 16.0. The van der Waals surface area contributed by atoms with Crippen molar-refractivity contribution in [1.82, 2.24) is 14.8 Å². The Labute approximate surface area is 199 Å². The van der Waals surface area contributed by atoms with E-state index in [1.165, 1.54) is 30.2 Å². The van der Waals surface area contributed by atoms with Crippen LogP contribution in [0.15, 0.2) is 28.7 Å². The smallest absolute Gasteiger partial charge is 0.340 e. The van der Waals surface area contributed by atoms with Crippen LogP contribution in [0.25, 0.3) is 11.4 Å². The minimum absolute atomic E-state index is 0.0892. The van der Waals surface area contributed by atoms with Crippen LogP contribution in [-0.4, -0.2) is 60.8 Å². The monoisotopic (exact) mass is 492 g/mol. The summed E-state index contributed by atoms with van der Waals surface area (Å²) in [5.74, 6) is 1.41. The van der Waals surface area contributed by atoms with Gasteiger partial charge in [-0.2, -0.15) is 0 Å². The number of amides is 1. The number of thiophene rings is 1. The summed E-state index contributed by atoms with van der Waals surface area (Å²) in [6.07, 6.45) is 0. The highest BCUT2D eigenvalue weighted by Crippen LogP contribution is 2.41. The first-order valence-corrected chi connectivity index (χ1v) is 11.7. The fraction of sp³-hybridized carbons (Fsp3) is 0.333. The van der Waals surface area contributed by atoms with Gasteiger partial charge in [0, 0.05) is 12.1 Å². The molecule has 0 aliphatic rings. The molecule has 0 aliphatic heterocycles. The van der Waals surface area contributed by atoms with Crippen LogP contribution in [0.4, 0.5) is 5.00 Å². The molecule has 10 nitrogen and oxygen atoms in total. The molecular formula is C21H24N4O6S2. The maximum absolute atomic E-state index is 12.5. The molecule has 0 aliphatic carbocycles. The Bertz CT molecular complexity index is 1120. The van der Waals surface area contributed by atoms with Gasteiger partial charge in [-0.1, -0.05) is 11.8 Å². The van der Waals surface area contributed by atoms with Crippen molar-refractivity contribution in [2.75, 3.05) is 39.5 Å². The van der Waals surface area contributed by atoms with Crippen molar-refractivity contribution < 1.29 is 28.5 Å². The lowest BCUT2D eigenvalue weighted by molar-refractivity contribution is -0.113. The summed E-state index contributed by atoms with van der Waals surface area (Å²) in [7, 11) is 5.93. The molecule has 0 saturated carbocycles. The van der Waals surface area contributed by atoms with Gasteiger partial charge in [-0.15, -0.1) is 21.5 Å². The second kappa shape index (κ2) is 11.1. The quantitative estimate of drug-likeness (QED) is 0.335. The van der Waals surface area contributed by atoms with Crippen LogP contribution in [-0.2, 0) is 16.1 Å². The van der Waals surface area contributed by atoms with Gasteiger partial charge in [0.1, 0.15) is 5.00 Å². The third kappa shape index (κ3) is 5.22. The molecule has 1 N–H and O–H groups in total. The number of nitrogens with zero attached hydrogens (tertiary/aromatic N) is 3. The number of benzene rings is 1. The molecule has 33 heavy (non-hydrogen) atoms. The Morgan fingerprint density at radius 1 is 1.09 bits per heavy atom. The van der Waals surface area contributed by atoms with E-state index in [1.807, 2.05) is 11.5 Å². The van der Waals surface area contributed by atoms with Crippen molar-refractivity contribution in [3.05, 3.63) is 29.1 Å². The van der Waals surface area contributed by atoms with Gasteiger partial charge in [0.15, 0.2) is 22.5 Å². The maximum Gasteiger partial charge on any atom is 0.340 e. The van der Waals surface area contributed by atoms with E-state index in [2.05, 4.69) is 15.5 Å². The molecule has 0 bridgehead atoms. The molecule has 0 fully saturated rings. The van der Waals surface area contributed by atoms with Gasteiger partial charge < -0.3 is 28.8 Å². The predicted octanol–water partition coefficient (Wildman–Crippen LogP) is 3.57. The van der Waals surface area contributed by atoms with Crippen molar-refractivity contribution in [3.63, 3.8) is 0 Å². The zero-order valence-electron chi connectivity index (χ0n) is 18.8. The molecule has 1 aromatic carbocycles. The molecule has 3 aromatic rings. The van der Waals surface area contributed by atoms with Crippen LogP contribution in [0.5, 0.6) is 17.2 Å². The van der Waals surface area contributed by atoms with Gasteiger partial charge in [0.05, 0.1) is 39.8 Å². The summed E-state index contributed by atoms with van der Waals surface area (Å²) in [5, 5.41) is 14.1. The summed E-state index contributed by atoms with van der Waals surface area (Å²) in [6, 6.07) is 5.20. The summed E-state index contributed by atoms with van der Waals surface area (Å²) in [6.45, 7) is 2.55. The Morgan fingerprint density at radius 2 is 1.79 bits per heavy atom. The lowest BCUT2D eigenvalue weighted by Crippen LogP contribution is -2.16. The van der Waals surface area contributed by atoms with Gasteiger partial charge >= 0.3 is 5.97 Å². The molecule has 3 rings (SSSR count). The zero-order chi connectivity index (χ0) is 24.0. The number of rotatable bonds is 10. The molecule has 12 heteroatoms. The molecule has 2 heterocycles. The predicted molar refractivity (Wildman–Crippen MR) is 126 cm³/mol. The molecule has 176 valence electrons. The Kier molecular flexibility index (Phi) is 8.17. The topological polar surface area (TPSA) is 114 Å². The first-order valence-electron chi connectivity index (χ1n) is 9.79. The van der Waals surface area contributed by atoms with Gasteiger partial charge in [-0.05, 0) is 30.5 Å². The maximum atomic E-state index is 12.5. The number of hydrogen-bond acceptors (Lipinski definition) is 10. The SMILES string of the molecule is CCn1c(SCC(=O)Nc2sccc2C(=O)OC)nnc1-c1cc(OC)c(OC)c(OC)c1. The van der Waals surface area contributed by atoms with E-state index in [1.54, 1.807) is 44.9 Å². The second-order valence-electron chi connectivity index (χ2n) is 6.46. The fourth-order valence-electron chi connectivity index (χ4n) is 3.07. The minimum atomic E-state index is -0.500. The van der Waals surface area contributed by atoms with Crippen molar-refractivity contribution in [2.45, 2.75) is 18.6 Å². The number of carbonyl (C=O) groups is 2. The first kappa shape index (κ1) is 24.4. The third-order valence-corrected chi connectivity index (χ3v) is 6.41. The molecule has 2 aromatic heterocycles. The molecular weight excluding hydrogens is 468 g/mol. The summed E-state index contributed by atoms with van der Waals surface area (Å²) >= 11 is 2.50. The number of hydrogen-bond donors (Lipinski definition) is 1. The molecule has 0 spiro atoms. The summed E-state index contributed by atoms with van der Waals surface area (Å²) in [5.41, 5.74) is 1.05. The standard InChI is InChI=1S/C21H24N4O6S2/c1-6-25-18(12-9-14(28-2)17(30-4)15(10-12)29-3)23-24-21(25)33-11-16(26)22-19-13(7-8-32-19)20(27)31-5/h7-10H,6,11H2,1-5H3,(H,22,26). The number of nitrogens with one attached hydrogen (secondary N) is 1. The normalized spacial score (nSPS) is 10.6. The second-order valence-corrected chi connectivity index (χ2v) is 8.31. The lowest BCUT2D eigenvalue weighted by atomic mass is 10.1. The highest BCUT2D eigenvalue weighted by Gasteiger charge is 2.20. The number of ether oxygens (including phenoxy) is 4. The van der Waals surface area contributed by atoms with Crippen LogP contribution >= 0.6 is 23.1 Å². The number of esters is 1. The van der Waals surface area contributed by atoms with Gasteiger partial charge in [-0.3, -0.25) is 4.79 Å². The van der Waals surface area contributed by atoms with Crippen LogP contribution in [0.3, 0.4) is 0 Å². The minimum Gasteiger partial charge on any atom is -0.493 e. The van der Waals surface area contributed by atoms with Gasteiger partial charge in [0.2, 0.25) is 11.7 Å². The molecule has 1 amide bonds. The average Bonchev–Trinajstić information content (AvgIpc) is 3.47. The van der Waals surface area contributed by atoms with Crippen LogP contribution in [0.1, 0.15) is 17.3 Å².